The maximum Gasteiger partial charge on any atom is 0.258 e. The van der Waals surface area contributed by atoms with E-state index in [-0.39, 0.29) is 30.4 Å². The third kappa shape index (κ3) is 3.04. The molecule has 112 valence electrons. The number of nitrogens with two attached hydrogens (primary N) is 1. The largest absolute Gasteiger partial charge is 0.394 e. The van der Waals surface area contributed by atoms with Crippen LogP contribution in [-0.4, -0.2) is 40.6 Å². The topological polar surface area (TPSA) is 91.5 Å². The minimum Gasteiger partial charge on any atom is -0.394 e. The molecule has 1 aliphatic heterocycles. The highest BCUT2D eigenvalue weighted by molar-refractivity contribution is 7.11. The summed E-state index contributed by atoms with van der Waals surface area (Å²) in [4.78, 5) is 14.4. The van der Waals surface area contributed by atoms with Gasteiger partial charge in [0.15, 0.2) is 5.82 Å². The minimum atomic E-state index is -0.191. The predicted octanol–water partition coefficient (Wildman–Crippen LogP) is 1.21. The second kappa shape index (κ2) is 6.41. The zero-order chi connectivity index (χ0) is 14.7. The lowest BCUT2D eigenvalue weighted by Gasteiger charge is -2.35. The highest BCUT2D eigenvalue weighted by Gasteiger charge is 2.29. The molecule has 4 N–H and O–H groups in total. The van der Waals surface area contributed by atoms with Crippen molar-refractivity contribution in [1.82, 2.24) is 9.69 Å². The van der Waals surface area contributed by atoms with Gasteiger partial charge in [-0.2, -0.15) is 4.37 Å². The number of nitrogens with zero attached hydrogens (tertiary/aromatic N) is 2. The smallest absolute Gasteiger partial charge is 0.258 e. The van der Waals surface area contributed by atoms with Crippen molar-refractivity contribution in [2.75, 3.05) is 23.8 Å². The normalized spacial score (nSPS) is 19.4. The van der Waals surface area contributed by atoms with Gasteiger partial charge in [-0.3, -0.25) is 4.79 Å². The number of rotatable bonds is 4. The van der Waals surface area contributed by atoms with Gasteiger partial charge in [-0.1, -0.05) is 0 Å². The Bertz CT molecular complexity index is 475. The van der Waals surface area contributed by atoms with Crippen molar-refractivity contribution < 1.29 is 9.90 Å². The van der Waals surface area contributed by atoms with Gasteiger partial charge >= 0.3 is 0 Å². The summed E-state index contributed by atoms with van der Waals surface area (Å²) in [7, 11) is 0. The van der Waals surface area contributed by atoms with E-state index in [0.717, 1.165) is 30.8 Å². The molecule has 1 unspecified atom stereocenters. The molecule has 0 bridgehead atoms. The fraction of sp³-hybridized carbons (Fsp3) is 0.692. The third-order valence-corrected chi connectivity index (χ3v) is 4.35. The van der Waals surface area contributed by atoms with E-state index in [4.69, 9.17) is 5.73 Å². The number of hydrogen-bond acceptors (Lipinski definition) is 6. The van der Waals surface area contributed by atoms with Crippen molar-refractivity contribution in [3.05, 3.63) is 5.56 Å². The lowest BCUT2D eigenvalue weighted by Crippen LogP contribution is -2.42. The quantitative estimate of drug-likeness (QED) is 0.777. The molecule has 0 spiro atoms. The van der Waals surface area contributed by atoms with Crippen molar-refractivity contribution in [2.45, 2.75) is 45.2 Å². The summed E-state index contributed by atoms with van der Waals surface area (Å²) in [5.74, 6) is 0.0777. The van der Waals surface area contributed by atoms with Crippen LogP contribution < -0.4 is 16.0 Å². The van der Waals surface area contributed by atoms with E-state index in [9.17, 15) is 9.90 Å². The van der Waals surface area contributed by atoms with Gasteiger partial charge in [-0.05, 0) is 44.6 Å². The van der Waals surface area contributed by atoms with Crippen LogP contribution in [0.4, 0.5) is 10.8 Å². The number of aromatic nitrogens is 1. The summed E-state index contributed by atoms with van der Waals surface area (Å²) >= 11 is 1.24. The highest BCUT2D eigenvalue weighted by atomic mass is 32.1. The van der Waals surface area contributed by atoms with E-state index in [2.05, 4.69) is 14.6 Å². The zero-order valence-corrected chi connectivity index (χ0v) is 12.7. The van der Waals surface area contributed by atoms with Crippen LogP contribution in [-0.2, 0) is 0 Å². The summed E-state index contributed by atoms with van der Waals surface area (Å²) in [6.45, 7) is 4.73. The first-order chi connectivity index (χ1) is 9.54. The van der Waals surface area contributed by atoms with E-state index in [0.29, 0.717) is 5.56 Å². The minimum absolute atomic E-state index is 0.0460. The zero-order valence-electron chi connectivity index (χ0n) is 11.9. The molecule has 0 aromatic carbocycles. The van der Waals surface area contributed by atoms with E-state index in [1.165, 1.54) is 11.5 Å². The number of aliphatic hydroxyl groups excluding tert-OH is 1. The van der Waals surface area contributed by atoms with Gasteiger partial charge in [0.2, 0.25) is 0 Å². The van der Waals surface area contributed by atoms with Gasteiger partial charge in [0.1, 0.15) is 10.6 Å². The maximum absolute atomic E-state index is 12.3. The molecule has 1 aromatic rings. The monoisotopic (exact) mass is 298 g/mol. The Morgan fingerprint density at radius 1 is 1.60 bits per heavy atom. The van der Waals surface area contributed by atoms with E-state index >= 15 is 0 Å². The van der Waals surface area contributed by atoms with Crippen LogP contribution in [0.1, 0.15) is 43.5 Å². The lowest BCUT2D eigenvalue weighted by atomic mass is 10.0. The second-order valence-electron chi connectivity index (χ2n) is 5.40. The number of amides is 1. The SMILES string of the molecule is CC(C)NC(=O)c1c(N)nsc1N1CCCCC1CO. The average molecular weight is 298 g/mol. The first kappa shape index (κ1) is 15.1. The summed E-state index contributed by atoms with van der Waals surface area (Å²) in [6.07, 6.45) is 3.09. The Morgan fingerprint density at radius 3 is 3.00 bits per heavy atom. The summed E-state index contributed by atoms with van der Waals surface area (Å²) < 4.78 is 4.12. The van der Waals surface area contributed by atoms with Crippen molar-refractivity contribution >= 4 is 28.3 Å². The van der Waals surface area contributed by atoms with E-state index < -0.39 is 0 Å². The van der Waals surface area contributed by atoms with Gasteiger partial charge in [-0.25, -0.2) is 0 Å². The summed E-state index contributed by atoms with van der Waals surface area (Å²) in [6, 6.07) is 0.0962. The molecule has 0 aliphatic carbocycles. The van der Waals surface area contributed by atoms with E-state index in [1.807, 2.05) is 13.8 Å². The summed E-state index contributed by atoms with van der Waals surface area (Å²) in [5.41, 5.74) is 6.31. The Morgan fingerprint density at radius 2 is 2.35 bits per heavy atom. The molecular weight excluding hydrogens is 276 g/mol. The Balaban J connectivity index is 2.29. The maximum atomic E-state index is 12.3. The van der Waals surface area contributed by atoms with Crippen molar-refractivity contribution in [1.29, 1.82) is 0 Å². The molecule has 0 radical (unpaired) electrons. The van der Waals surface area contributed by atoms with Crippen LogP contribution in [0.25, 0.3) is 0 Å². The molecule has 6 nitrogen and oxygen atoms in total. The van der Waals surface area contributed by atoms with Crippen LogP contribution in [0, 0.1) is 0 Å². The molecule has 7 heteroatoms. The van der Waals surface area contributed by atoms with Gasteiger partial charge in [0.05, 0.1) is 12.6 Å². The molecule has 2 heterocycles. The molecule has 1 aromatic heterocycles. The van der Waals surface area contributed by atoms with Crippen LogP contribution in [0.3, 0.4) is 0 Å². The molecule has 20 heavy (non-hydrogen) atoms. The number of aliphatic hydroxyl groups is 1. The van der Waals surface area contributed by atoms with Gasteiger partial charge in [0.25, 0.3) is 5.91 Å². The molecule has 1 atom stereocenters. The van der Waals surface area contributed by atoms with Gasteiger partial charge in [0, 0.05) is 12.6 Å². The van der Waals surface area contributed by atoms with Crippen molar-refractivity contribution in [2.24, 2.45) is 0 Å². The number of nitrogen functional groups attached to an aromatic ring is 1. The molecule has 2 rings (SSSR count). The van der Waals surface area contributed by atoms with Crippen molar-refractivity contribution in [3.8, 4) is 0 Å². The number of anilines is 2. The van der Waals surface area contributed by atoms with Crippen LogP contribution in [0.2, 0.25) is 0 Å². The highest BCUT2D eigenvalue weighted by Crippen LogP contribution is 2.34. The fourth-order valence-corrected chi connectivity index (χ4v) is 3.40. The molecule has 1 fully saturated rings. The third-order valence-electron chi connectivity index (χ3n) is 3.45. The number of carbonyl (C=O) groups is 1. The number of nitrogens with one attached hydrogen (secondary N) is 1. The van der Waals surface area contributed by atoms with Crippen LogP contribution in [0.15, 0.2) is 0 Å². The summed E-state index contributed by atoms with van der Waals surface area (Å²) in [5, 5.41) is 13.1. The fourth-order valence-electron chi connectivity index (χ4n) is 2.49. The van der Waals surface area contributed by atoms with Crippen LogP contribution >= 0.6 is 11.5 Å². The number of carbonyl (C=O) groups excluding carboxylic acids is 1. The molecule has 1 amide bonds. The molecular formula is C13H22N4O2S. The molecule has 1 aliphatic rings. The standard InChI is InChI=1S/C13H22N4O2S/c1-8(2)15-12(19)10-11(14)16-20-13(10)17-6-4-3-5-9(17)7-18/h8-9,18H,3-7H2,1-2H3,(H2,14,16)(H,15,19). The number of piperidine rings is 1. The van der Waals surface area contributed by atoms with Gasteiger partial charge < -0.3 is 21.1 Å². The predicted molar refractivity (Wildman–Crippen MR) is 81.2 cm³/mol. The Labute approximate surface area is 123 Å². The molecule has 0 saturated carbocycles. The van der Waals surface area contributed by atoms with Crippen LogP contribution in [0.5, 0.6) is 0 Å². The molecule has 1 saturated heterocycles. The Kier molecular flexibility index (Phi) is 4.82. The second-order valence-corrected chi connectivity index (χ2v) is 6.15. The van der Waals surface area contributed by atoms with Crippen molar-refractivity contribution in [3.63, 3.8) is 0 Å². The number of hydrogen-bond donors (Lipinski definition) is 3. The van der Waals surface area contributed by atoms with E-state index in [1.54, 1.807) is 0 Å². The first-order valence-corrected chi connectivity index (χ1v) is 7.75. The Hall–Kier alpha value is -1.34. The average Bonchev–Trinajstić information content (AvgIpc) is 2.79. The van der Waals surface area contributed by atoms with Gasteiger partial charge in [-0.15, -0.1) is 0 Å². The lowest BCUT2D eigenvalue weighted by molar-refractivity contribution is 0.0944. The first-order valence-electron chi connectivity index (χ1n) is 6.98.